The third kappa shape index (κ3) is 4.40. The van der Waals surface area contributed by atoms with Crippen LogP contribution >= 0.6 is 11.6 Å². The van der Waals surface area contributed by atoms with E-state index in [4.69, 9.17) is 21.4 Å². The fraction of sp³-hybridized carbons (Fsp3) is 0.217. The number of nitrogens with one attached hydrogen (secondary N) is 2. The number of ether oxygens (including phenoxy) is 1. The Balaban J connectivity index is 1.70. The molecule has 4 rings (SSSR count). The van der Waals surface area contributed by atoms with Crippen LogP contribution < -0.4 is 10.6 Å². The number of halogens is 1. The zero-order valence-corrected chi connectivity index (χ0v) is 17.4. The molecule has 4 aromatic rings. The number of benzene rings is 3. The molecule has 1 heterocycles. The predicted molar refractivity (Wildman–Crippen MR) is 121 cm³/mol. The average Bonchev–Trinajstić information content (AvgIpc) is 3.10. The molecule has 1 aromatic heterocycles. The van der Waals surface area contributed by atoms with Crippen LogP contribution in [-0.4, -0.2) is 35.4 Å². The molecule has 30 heavy (non-hydrogen) atoms. The van der Waals surface area contributed by atoms with Gasteiger partial charge in [0.05, 0.1) is 6.61 Å². The molecule has 0 unspecified atom stereocenters. The second kappa shape index (κ2) is 9.15. The molecular weight excluding hydrogens is 400 g/mol. The summed E-state index contributed by atoms with van der Waals surface area (Å²) in [7, 11) is 0. The van der Waals surface area contributed by atoms with E-state index in [1.54, 1.807) is 4.68 Å². The molecule has 0 atom stereocenters. The van der Waals surface area contributed by atoms with E-state index in [1.807, 2.05) is 55.5 Å². The Bertz CT molecular complexity index is 1170. The smallest absolute Gasteiger partial charge is 0.241 e. The van der Waals surface area contributed by atoms with Crippen molar-refractivity contribution in [3.8, 4) is 0 Å². The van der Waals surface area contributed by atoms with E-state index >= 15 is 0 Å². The second-order valence-corrected chi connectivity index (χ2v) is 7.30. The van der Waals surface area contributed by atoms with Crippen LogP contribution in [0.3, 0.4) is 0 Å². The van der Waals surface area contributed by atoms with Gasteiger partial charge in [0.25, 0.3) is 0 Å². The maximum Gasteiger partial charge on any atom is 0.241 e. The lowest BCUT2D eigenvalue weighted by Gasteiger charge is -2.11. The molecule has 0 saturated carbocycles. The lowest BCUT2D eigenvalue weighted by Crippen LogP contribution is -2.31. The monoisotopic (exact) mass is 422 g/mol. The number of carbonyl (C=O) groups excluding carboxylic acids is 1. The lowest BCUT2D eigenvalue weighted by atomic mass is 10.1. The van der Waals surface area contributed by atoms with Crippen molar-refractivity contribution in [3.63, 3.8) is 0 Å². The van der Waals surface area contributed by atoms with Gasteiger partial charge in [0.1, 0.15) is 17.9 Å². The van der Waals surface area contributed by atoms with Crippen LogP contribution in [0.15, 0.2) is 60.7 Å². The molecule has 0 fully saturated rings. The number of amides is 1. The van der Waals surface area contributed by atoms with Gasteiger partial charge in [-0.15, -0.1) is 0 Å². The highest BCUT2D eigenvalue weighted by Crippen LogP contribution is 2.32. The van der Waals surface area contributed by atoms with E-state index < -0.39 is 0 Å². The lowest BCUT2D eigenvalue weighted by molar-refractivity contribution is -0.122. The molecule has 0 aliphatic rings. The van der Waals surface area contributed by atoms with Crippen molar-refractivity contribution in [2.24, 2.45) is 0 Å². The highest BCUT2D eigenvalue weighted by atomic mass is 35.5. The van der Waals surface area contributed by atoms with Crippen molar-refractivity contribution < 1.29 is 9.53 Å². The van der Waals surface area contributed by atoms with Crippen molar-refractivity contribution in [1.82, 2.24) is 15.1 Å². The van der Waals surface area contributed by atoms with Crippen LogP contribution in [0.4, 0.5) is 11.5 Å². The SMILES string of the molecule is CCOCCNC(=O)Cn1nc2c(ccc3ccccc32)c1Nc1ccc(Cl)cc1. The van der Waals surface area contributed by atoms with E-state index in [2.05, 4.69) is 22.8 Å². The number of rotatable bonds is 8. The Kier molecular flexibility index (Phi) is 6.16. The second-order valence-electron chi connectivity index (χ2n) is 6.87. The fourth-order valence-corrected chi connectivity index (χ4v) is 3.50. The van der Waals surface area contributed by atoms with E-state index in [0.29, 0.717) is 24.8 Å². The Morgan fingerprint density at radius 3 is 2.67 bits per heavy atom. The van der Waals surface area contributed by atoms with Gasteiger partial charge in [0, 0.05) is 34.6 Å². The number of hydrogen-bond acceptors (Lipinski definition) is 4. The van der Waals surface area contributed by atoms with Crippen molar-refractivity contribution in [2.75, 3.05) is 25.1 Å². The highest BCUT2D eigenvalue weighted by molar-refractivity contribution is 6.30. The van der Waals surface area contributed by atoms with Crippen LogP contribution in [0.5, 0.6) is 0 Å². The fourth-order valence-electron chi connectivity index (χ4n) is 3.38. The van der Waals surface area contributed by atoms with Crippen LogP contribution in [0, 0.1) is 0 Å². The van der Waals surface area contributed by atoms with Crippen LogP contribution in [0.2, 0.25) is 5.02 Å². The summed E-state index contributed by atoms with van der Waals surface area (Å²) in [5.41, 5.74) is 1.72. The van der Waals surface area contributed by atoms with E-state index in [1.165, 1.54) is 0 Å². The summed E-state index contributed by atoms with van der Waals surface area (Å²) < 4.78 is 6.99. The van der Waals surface area contributed by atoms with Gasteiger partial charge in [-0.2, -0.15) is 5.10 Å². The zero-order valence-electron chi connectivity index (χ0n) is 16.7. The third-order valence-corrected chi connectivity index (χ3v) is 5.06. The van der Waals surface area contributed by atoms with E-state index in [-0.39, 0.29) is 12.5 Å². The molecule has 3 aromatic carbocycles. The van der Waals surface area contributed by atoms with Crippen molar-refractivity contribution in [1.29, 1.82) is 0 Å². The Morgan fingerprint density at radius 1 is 1.07 bits per heavy atom. The maximum atomic E-state index is 12.5. The van der Waals surface area contributed by atoms with Crippen LogP contribution in [0.25, 0.3) is 21.7 Å². The minimum atomic E-state index is -0.119. The molecule has 0 spiro atoms. The molecule has 154 valence electrons. The first-order valence-electron chi connectivity index (χ1n) is 9.91. The van der Waals surface area contributed by atoms with Gasteiger partial charge in [-0.25, -0.2) is 4.68 Å². The van der Waals surface area contributed by atoms with Gasteiger partial charge in [0.2, 0.25) is 5.91 Å². The Morgan fingerprint density at radius 2 is 1.87 bits per heavy atom. The molecule has 0 radical (unpaired) electrons. The van der Waals surface area contributed by atoms with Gasteiger partial charge in [-0.3, -0.25) is 4.79 Å². The van der Waals surface area contributed by atoms with Gasteiger partial charge < -0.3 is 15.4 Å². The average molecular weight is 423 g/mol. The number of fused-ring (bicyclic) bond motifs is 3. The van der Waals surface area contributed by atoms with Gasteiger partial charge in [-0.05, 0) is 42.6 Å². The number of aromatic nitrogens is 2. The summed E-state index contributed by atoms with van der Waals surface area (Å²) in [6, 6.07) is 19.6. The standard InChI is InChI=1S/C23H23ClN4O2/c1-2-30-14-13-25-21(29)15-28-23(26-18-10-8-17(24)9-11-18)20-12-7-16-5-3-4-6-19(16)22(20)27-28/h3-12,26H,2,13-15H2,1H3,(H,25,29). The van der Waals surface area contributed by atoms with Crippen LogP contribution in [0.1, 0.15) is 6.92 Å². The molecular formula is C23H23ClN4O2. The zero-order chi connectivity index (χ0) is 20.9. The van der Waals surface area contributed by atoms with Crippen molar-refractivity contribution >= 4 is 50.7 Å². The molecule has 0 aliphatic carbocycles. The third-order valence-electron chi connectivity index (χ3n) is 4.81. The van der Waals surface area contributed by atoms with Crippen molar-refractivity contribution in [2.45, 2.75) is 13.5 Å². The van der Waals surface area contributed by atoms with Gasteiger partial charge in [0.15, 0.2) is 0 Å². The van der Waals surface area contributed by atoms with Gasteiger partial charge in [-0.1, -0.05) is 41.9 Å². The van der Waals surface area contributed by atoms with Crippen molar-refractivity contribution in [3.05, 3.63) is 65.7 Å². The number of anilines is 2. The molecule has 0 saturated heterocycles. The first-order chi connectivity index (χ1) is 14.7. The van der Waals surface area contributed by atoms with E-state index in [9.17, 15) is 4.79 Å². The number of hydrogen-bond donors (Lipinski definition) is 2. The molecule has 2 N–H and O–H groups in total. The van der Waals surface area contributed by atoms with Crippen LogP contribution in [-0.2, 0) is 16.1 Å². The summed E-state index contributed by atoms with van der Waals surface area (Å²) in [6.07, 6.45) is 0. The maximum absolute atomic E-state index is 12.5. The largest absolute Gasteiger partial charge is 0.380 e. The quantitative estimate of drug-likeness (QED) is 0.402. The first-order valence-corrected chi connectivity index (χ1v) is 10.3. The molecule has 0 aliphatic heterocycles. The first kappa shape index (κ1) is 20.2. The molecule has 1 amide bonds. The summed E-state index contributed by atoms with van der Waals surface area (Å²) in [6.45, 7) is 3.62. The summed E-state index contributed by atoms with van der Waals surface area (Å²) >= 11 is 6.02. The normalized spacial score (nSPS) is 11.1. The van der Waals surface area contributed by atoms with Gasteiger partial charge >= 0.3 is 0 Å². The Labute approximate surface area is 179 Å². The highest BCUT2D eigenvalue weighted by Gasteiger charge is 2.16. The molecule has 6 nitrogen and oxygen atoms in total. The molecule has 0 bridgehead atoms. The minimum absolute atomic E-state index is 0.102. The summed E-state index contributed by atoms with van der Waals surface area (Å²) in [5, 5.41) is 14.8. The minimum Gasteiger partial charge on any atom is -0.380 e. The molecule has 7 heteroatoms. The number of nitrogens with zero attached hydrogens (tertiary/aromatic N) is 2. The van der Waals surface area contributed by atoms with E-state index in [0.717, 1.165) is 33.2 Å². The Hall–Kier alpha value is -3.09. The topological polar surface area (TPSA) is 68.2 Å². The summed E-state index contributed by atoms with van der Waals surface area (Å²) in [5.74, 6) is 0.643. The number of carbonyl (C=O) groups is 1. The predicted octanol–water partition coefficient (Wildman–Crippen LogP) is 4.74. The summed E-state index contributed by atoms with van der Waals surface area (Å²) in [4.78, 5) is 12.5.